The molecule has 1 aliphatic rings. The van der Waals surface area contributed by atoms with Crippen molar-refractivity contribution in [3.05, 3.63) is 204 Å². The Morgan fingerprint density at radius 1 is 0.453 bits per heavy atom. The molecular weight excluding hydrogens is 781 g/mol. The summed E-state index contributed by atoms with van der Waals surface area (Å²) in [5.74, 6) is 1.83. The predicted octanol–water partition coefficient (Wildman–Crippen LogP) is 13.6. The molecule has 298 valence electrons. The van der Waals surface area contributed by atoms with Gasteiger partial charge in [-0.15, -0.1) is 0 Å². The first-order valence-electron chi connectivity index (χ1n) is 21.9. The van der Waals surface area contributed by atoms with Crippen LogP contribution in [0.2, 0.25) is 0 Å². The van der Waals surface area contributed by atoms with Crippen LogP contribution < -0.4 is 10.4 Å². The highest BCUT2D eigenvalue weighted by Gasteiger charge is 2.26. The number of nitrogens with zero attached hydrogens (tertiary/aromatic N) is 4. The molecule has 1 aliphatic carbocycles. The summed E-state index contributed by atoms with van der Waals surface area (Å²) in [6.45, 7) is 0. The molecule has 0 fully saturated rings. The fourth-order valence-corrected chi connectivity index (χ4v) is 10.4. The van der Waals surface area contributed by atoms with E-state index in [1.54, 1.807) is 0 Å². The number of furan rings is 1. The number of aromatic nitrogens is 4. The number of hydrogen-bond acceptors (Lipinski definition) is 4. The summed E-state index contributed by atoms with van der Waals surface area (Å²) < 4.78 is 9.34. The molecule has 3 heterocycles. The van der Waals surface area contributed by atoms with Crippen LogP contribution in [-0.4, -0.2) is 19.5 Å². The molecule has 5 heteroatoms. The van der Waals surface area contributed by atoms with Crippen molar-refractivity contribution in [2.75, 3.05) is 0 Å². The zero-order valence-electron chi connectivity index (χ0n) is 34.5. The van der Waals surface area contributed by atoms with Crippen LogP contribution in [0.15, 0.2) is 192 Å². The van der Waals surface area contributed by atoms with Crippen LogP contribution in [0.3, 0.4) is 0 Å². The maximum Gasteiger partial charge on any atom is 0.169 e. The third-order valence-electron chi connectivity index (χ3n) is 13.5. The van der Waals surface area contributed by atoms with Gasteiger partial charge in [-0.25, -0.2) is 15.0 Å². The number of fused-ring (bicyclic) bond motifs is 13. The molecule has 0 saturated heterocycles. The van der Waals surface area contributed by atoms with Gasteiger partial charge in [0.2, 0.25) is 0 Å². The normalized spacial score (nSPS) is 14.0. The minimum atomic E-state index is -0.0866. The van der Waals surface area contributed by atoms with Gasteiger partial charge in [0.15, 0.2) is 11.6 Å². The molecule has 0 spiro atoms. The zero-order chi connectivity index (χ0) is 41.9. The number of rotatable bonds is 4. The Hall–Kier alpha value is -8.41. The van der Waals surface area contributed by atoms with Gasteiger partial charge in [-0.2, -0.15) is 0 Å². The van der Waals surface area contributed by atoms with Crippen LogP contribution in [0.25, 0.3) is 127 Å². The largest absolute Gasteiger partial charge is 0.455 e. The van der Waals surface area contributed by atoms with Crippen molar-refractivity contribution in [1.82, 2.24) is 19.5 Å². The van der Waals surface area contributed by atoms with Crippen LogP contribution >= 0.6 is 0 Å². The van der Waals surface area contributed by atoms with Crippen molar-refractivity contribution < 1.29 is 4.42 Å². The molecule has 0 radical (unpaired) electrons. The Balaban J connectivity index is 1.07. The van der Waals surface area contributed by atoms with Gasteiger partial charge in [0.25, 0.3) is 0 Å². The topological polar surface area (TPSA) is 56.7 Å². The molecule has 0 aliphatic heterocycles. The fraction of sp³-hybridized carbons (Fsp3) is 0.0339. The Kier molecular flexibility index (Phi) is 7.45. The second-order valence-electron chi connectivity index (χ2n) is 17.1. The van der Waals surface area contributed by atoms with Crippen LogP contribution in [0, 0.1) is 0 Å². The van der Waals surface area contributed by atoms with Gasteiger partial charge in [-0.3, -0.25) is 0 Å². The maximum atomic E-state index is 6.96. The van der Waals surface area contributed by atoms with E-state index in [0.717, 1.165) is 67.4 Å². The predicted molar refractivity (Wildman–Crippen MR) is 264 cm³/mol. The van der Waals surface area contributed by atoms with Gasteiger partial charge in [-0.05, 0) is 102 Å². The van der Waals surface area contributed by atoms with E-state index in [-0.39, 0.29) is 5.92 Å². The Bertz CT molecular complexity index is 4250. The van der Waals surface area contributed by atoms with Crippen molar-refractivity contribution in [3.63, 3.8) is 0 Å². The summed E-state index contributed by atoms with van der Waals surface area (Å²) in [6, 6.07) is 67.3. The monoisotopic (exact) mass is 816 g/mol. The summed E-state index contributed by atoms with van der Waals surface area (Å²) >= 11 is 0. The lowest BCUT2D eigenvalue weighted by Gasteiger charge is -2.18. The highest BCUT2D eigenvalue weighted by molar-refractivity contribution is 6.16. The highest BCUT2D eigenvalue weighted by Crippen LogP contribution is 2.43. The van der Waals surface area contributed by atoms with Gasteiger partial charge in [0.1, 0.15) is 17.0 Å². The molecule has 10 aromatic carbocycles. The van der Waals surface area contributed by atoms with Crippen LogP contribution in [0.4, 0.5) is 0 Å². The maximum absolute atomic E-state index is 6.96. The van der Waals surface area contributed by atoms with Crippen molar-refractivity contribution in [3.8, 4) is 28.5 Å². The quantitative estimate of drug-likeness (QED) is 0.166. The van der Waals surface area contributed by atoms with E-state index >= 15 is 0 Å². The SMILES string of the molecule is C1=c2ccc3ccccc3c2=CCC1c1nc(-c2ccc3c(ccc4ccccc43)c2)nc(-c2c(-n3c4ccccc4c4cc5ccccc5cc43)ccc3c2oc2ccccc23)n1. The smallest absolute Gasteiger partial charge is 0.169 e. The van der Waals surface area contributed by atoms with Crippen LogP contribution in [0.5, 0.6) is 0 Å². The van der Waals surface area contributed by atoms with Crippen molar-refractivity contribution in [2.24, 2.45) is 0 Å². The number of para-hydroxylation sites is 2. The summed E-state index contributed by atoms with van der Waals surface area (Å²) in [5, 5.41) is 16.5. The molecule has 0 bridgehead atoms. The second kappa shape index (κ2) is 13.5. The van der Waals surface area contributed by atoms with Gasteiger partial charge in [0.05, 0.1) is 22.3 Å². The second-order valence-corrected chi connectivity index (χ2v) is 17.1. The van der Waals surface area contributed by atoms with E-state index < -0.39 is 0 Å². The zero-order valence-corrected chi connectivity index (χ0v) is 34.5. The Morgan fingerprint density at radius 2 is 1.11 bits per heavy atom. The molecule has 13 aromatic rings. The van der Waals surface area contributed by atoms with Gasteiger partial charge >= 0.3 is 0 Å². The van der Waals surface area contributed by atoms with E-state index in [1.807, 2.05) is 12.1 Å². The van der Waals surface area contributed by atoms with Crippen molar-refractivity contribution in [1.29, 1.82) is 0 Å². The molecule has 1 atom stereocenters. The molecule has 14 rings (SSSR count). The molecular formula is C59H36N4O. The summed E-state index contributed by atoms with van der Waals surface area (Å²) in [4.78, 5) is 16.4. The Labute approximate surface area is 366 Å². The van der Waals surface area contributed by atoms with Gasteiger partial charge in [0, 0.05) is 33.0 Å². The molecule has 0 saturated carbocycles. The summed E-state index contributed by atoms with van der Waals surface area (Å²) in [6.07, 6.45) is 5.47. The third-order valence-corrected chi connectivity index (χ3v) is 13.5. The lowest BCUT2D eigenvalue weighted by molar-refractivity contribution is 0.669. The average Bonchev–Trinajstić information content (AvgIpc) is 3.90. The highest BCUT2D eigenvalue weighted by atomic mass is 16.3. The third kappa shape index (κ3) is 5.28. The van der Waals surface area contributed by atoms with Gasteiger partial charge < -0.3 is 8.98 Å². The molecule has 0 N–H and O–H groups in total. The van der Waals surface area contributed by atoms with Crippen molar-refractivity contribution >= 4 is 99.0 Å². The van der Waals surface area contributed by atoms with Gasteiger partial charge in [-0.1, -0.05) is 158 Å². The van der Waals surface area contributed by atoms with E-state index in [1.165, 1.54) is 58.9 Å². The lowest BCUT2D eigenvalue weighted by atomic mass is 9.93. The standard InChI is InChI=1S/C59H36N4O/c1-2-14-38-34-53-50(33-37(38)13-1)47-17-7-9-19-51(47)63(53)52-30-29-49-48-18-8-10-20-54(48)64-56(49)55(52)59-61-57(41-25-27-45-39(31-41)23-21-35-11-3-5-15-43(35)45)60-58(62-59)42-26-28-46-40(32-42)24-22-36-12-4-6-16-44(36)46/h1-25,27-34,42H,26H2. The van der Waals surface area contributed by atoms with E-state index in [9.17, 15) is 0 Å². The average molecular weight is 817 g/mol. The minimum Gasteiger partial charge on any atom is -0.455 e. The fourth-order valence-electron chi connectivity index (χ4n) is 10.4. The van der Waals surface area contributed by atoms with E-state index in [4.69, 9.17) is 19.4 Å². The van der Waals surface area contributed by atoms with Crippen LogP contribution in [-0.2, 0) is 0 Å². The molecule has 64 heavy (non-hydrogen) atoms. The minimum absolute atomic E-state index is 0.0866. The van der Waals surface area contributed by atoms with Crippen molar-refractivity contribution in [2.45, 2.75) is 12.3 Å². The summed E-state index contributed by atoms with van der Waals surface area (Å²) in [5.41, 5.74) is 6.46. The first kappa shape index (κ1) is 35.2. The number of benzene rings is 10. The first-order chi connectivity index (χ1) is 31.7. The molecule has 5 nitrogen and oxygen atoms in total. The van der Waals surface area contributed by atoms with Crippen LogP contribution in [0.1, 0.15) is 18.2 Å². The molecule has 1 unspecified atom stereocenters. The molecule has 0 amide bonds. The van der Waals surface area contributed by atoms with E-state index in [0.29, 0.717) is 11.6 Å². The van der Waals surface area contributed by atoms with E-state index in [2.05, 4.69) is 193 Å². The lowest BCUT2D eigenvalue weighted by Crippen LogP contribution is -2.29. The molecule has 3 aromatic heterocycles. The first-order valence-corrected chi connectivity index (χ1v) is 21.9. The number of hydrogen-bond donors (Lipinski definition) is 0. The Morgan fingerprint density at radius 3 is 1.98 bits per heavy atom. The summed E-state index contributed by atoms with van der Waals surface area (Å²) in [7, 11) is 0.